The third kappa shape index (κ3) is 2.84. The SMILES string of the molecule is COc1ccnc(CN2C[C@H]3CN(C(=O)C4CCC4)C[C@@]3(C(=O)O)C2)c1. The van der Waals surface area contributed by atoms with E-state index in [1.165, 1.54) is 0 Å². The summed E-state index contributed by atoms with van der Waals surface area (Å²) in [5.41, 5.74) is 0.0189. The number of carboxylic acid groups (broad SMARTS) is 1. The van der Waals surface area contributed by atoms with Crippen molar-refractivity contribution in [1.82, 2.24) is 14.8 Å². The number of pyridine rings is 1. The van der Waals surface area contributed by atoms with Crippen LogP contribution in [0.15, 0.2) is 18.3 Å². The molecule has 0 bridgehead atoms. The molecule has 0 aromatic carbocycles. The van der Waals surface area contributed by atoms with Gasteiger partial charge in [0.05, 0.1) is 12.8 Å². The number of carbonyl (C=O) groups excluding carboxylic acids is 1. The number of hydrogen-bond donors (Lipinski definition) is 1. The van der Waals surface area contributed by atoms with Gasteiger partial charge in [0.25, 0.3) is 0 Å². The van der Waals surface area contributed by atoms with Crippen molar-refractivity contribution < 1.29 is 19.4 Å². The van der Waals surface area contributed by atoms with E-state index in [4.69, 9.17) is 4.74 Å². The molecule has 3 heterocycles. The Balaban J connectivity index is 1.46. The molecule has 3 aliphatic rings. The van der Waals surface area contributed by atoms with Gasteiger partial charge in [0, 0.05) is 56.8 Å². The highest BCUT2D eigenvalue weighted by Gasteiger charge is 2.58. The summed E-state index contributed by atoms with van der Waals surface area (Å²) in [6.07, 6.45) is 4.72. The fourth-order valence-corrected chi connectivity index (χ4v) is 4.57. The maximum Gasteiger partial charge on any atom is 0.313 e. The zero-order valence-electron chi connectivity index (χ0n) is 15.1. The van der Waals surface area contributed by atoms with Crippen molar-refractivity contribution in [3.05, 3.63) is 24.0 Å². The van der Waals surface area contributed by atoms with Gasteiger partial charge in [0.15, 0.2) is 0 Å². The summed E-state index contributed by atoms with van der Waals surface area (Å²) in [7, 11) is 1.62. The maximum atomic E-state index is 12.6. The molecule has 140 valence electrons. The van der Waals surface area contributed by atoms with Gasteiger partial charge >= 0.3 is 5.97 Å². The normalized spacial score (nSPS) is 28.7. The zero-order valence-corrected chi connectivity index (χ0v) is 15.1. The first-order chi connectivity index (χ1) is 12.5. The lowest BCUT2D eigenvalue weighted by Gasteiger charge is -2.31. The van der Waals surface area contributed by atoms with Crippen molar-refractivity contribution in [2.24, 2.45) is 17.3 Å². The number of aliphatic carboxylic acids is 1. The number of aromatic nitrogens is 1. The van der Waals surface area contributed by atoms with Crippen LogP contribution in [0.5, 0.6) is 5.75 Å². The molecule has 1 amide bonds. The third-order valence-electron chi connectivity index (χ3n) is 6.28. The van der Waals surface area contributed by atoms with Crippen molar-refractivity contribution in [2.75, 3.05) is 33.3 Å². The minimum atomic E-state index is -0.849. The number of hydrogen-bond acceptors (Lipinski definition) is 5. The molecule has 4 rings (SSSR count). The van der Waals surface area contributed by atoms with Gasteiger partial charge in [-0.05, 0) is 18.9 Å². The first-order valence-corrected chi connectivity index (χ1v) is 9.25. The molecule has 2 atom stereocenters. The highest BCUT2D eigenvalue weighted by atomic mass is 16.5. The minimum Gasteiger partial charge on any atom is -0.497 e. The van der Waals surface area contributed by atoms with Crippen LogP contribution in [0.3, 0.4) is 0 Å². The molecule has 2 aliphatic heterocycles. The molecule has 0 radical (unpaired) electrons. The van der Waals surface area contributed by atoms with Gasteiger partial charge in [0.1, 0.15) is 11.2 Å². The zero-order chi connectivity index (χ0) is 18.3. The van der Waals surface area contributed by atoms with Gasteiger partial charge in [-0.15, -0.1) is 0 Å². The number of ether oxygens (including phenoxy) is 1. The summed E-state index contributed by atoms with van der Waals surface area (Å²) in [4.78, 5) is 33.0. The van der Waals surface area contributed by atoms with E-state index in [2.05, 4.69) is 9.88 Å². The lowest BCUT2D eigenvalue weighted by molar-refractivity contribution is -0.149. The summed E-state index contributed by atoms with van der Waals surface area (Å²) in [6.45, 7) is 2.63. The number of methoxy groups -OCH3 is 1. The van der Waals surface area contributed by atoms with Crippen LogP contribution in [0.1, 0.15) is 25.0 Å². The molecule has 0 spiro atoms. The number of amides is 1. The van der Waals surface area contributed by atoms with Gasteiger partial charge in [-0.3, -0.25) is 19.5 Å². The number of fused-ring (bicyclic) bond motifs is 1. The Labute approximate surface area is 152 Å². The van der Waals surface area contributed by atoms with Crippen LogP contribution in [0.25, 0.3) is 0 Å². The molecule has 3 fully saturated rings. The van der Waals surface area contributed by atoms with Crippen molar-refractivity contribution in [1.29, 1.82) is 0 Å². The summed E-state index contributed by atoms with van der Waals surface area (Å²) >= 11 is 0. The largest absolute Gasteiger partial charge is 0.497 e. The molecule has 2 saturated heterocycles. The van der Waals surface area contributed by atoms with Gasteiger partial charge < -0.3 is 14.7 Å². The van der Waals surface area contributed by atoms with Crippen LogP contribution < -0.4 is 4.74 Å². The molecular weight excluding hydrogens is 334 g/mol. The van der Waals surface area contributed by atoms with E-state index in [1.54, 1.807) is 19.4 Å². The number of carbonyl (C=O) groups is 2. The van der Waals surface area contributed by atoms with Crippen LogP contribution in [-0.4, -0.2) is 65.1 Å². The van der Waals surface area contributed by atoms with E-state index in [0.717, 1.165) is 30.7 Å². The van der Waals surface area contributed by atoms with E-state index in [-0.39, 0.29) is 17.7 Å². The first kappa shape index (κ1) is 17.3. The molecule has 1 aromatic rings. The predicted molar refractivity (Wildman–Crippen MR) is 93.5 cm³/mol. The number of likely N-dealkylation sites (tertiary alicyclic amines) is 2. The number of nitrogens with zero attached hydrogens (tertiary/aromatic N) is 3. The molecular formula is C19H25N3O4. The highest BCUT2D eigenvalue weighted by molar-refractivity contribution is 5.83. The van der Waals surface area contributed by atoms with E-state index < -0.39 is 11.4 Å². The smallest absolute Gasteiger partial charge is 0.313 e. The van der Waals surface area contributed by atoms with E-state index in [9.17, 15) is 14.7 Å². The average molecular weight is 359 g/mol. The molecule has 7 nitrogen and oxygen atoms in total. The van der Waals surface area contributed by atoms with Crippen LogP contribution in [-0.2, 0) is 16.1 Å². The van der Waals surface area contributed by atoms with Crippen molar-refractivity contribution in [3.8, 4) is 5.75 Å². The summed E-state index contributed by atoms with van der Waals surface area (Å²) in [5, 5.41) is 9.95. The average Bonchev–Trinajstić information content (AvgIpc) is 3.08. The molecule has 1 aromatic heterocycles. The maximum absolute atomic E-state index is 12.6. The van der Waals surface area contributed by atoms with Crippen LogP contribution >= 0.6 is 0 Å². The Bertz CT molecular complexity index is 720. The fourth-order valence-electron chi connectivity index (χ4n) is 4.57. The highest BCUT2D eigenvalue weighted by Crippen LogP contribution is 2.44. The Hall–Kier alpha value is -2.15. The second kappa shape index (κ2) is 6.54. The third-order valence-corrected chi connectivity index (χ3v) is 6.28. The Morgan fingerprint density at radius 3 is 2.77 bits per heavy atom. The van der Waals surface area contributed by atoms with Crippen molar-refractivity contribution in [2.45, 2.75) is 25.8 Å². The first-order valence-electron chi connectivity index (χ1n) is 9.25. The number of rotatable bonds is 5. The quantitative estimate of drug-likeness (QED) is 0.852. The second-order valence-corrected chi connectivity index (χ2v) is 7.86. The molecule has 26 heavy (non-hydrogen) atoms. The summed E-state index contributed by atoms with van der Waals surface area (Å²) in [6, 6.07) is 3.68. The van der Waals surface area contributed by atoms with Crippen LogP contribution in [0.2, 0.25) is 0 Å². The number of carboxylic acids is 1. The van der Waals surface area contributed by atoms with Crippen molar-refractivity contribution in [3.63, 3.8) is 0 Å². The molecule has 1 aliphatic carbocycles. The fraction of sp³-hybridized carbons (Fsp3) is 0.632. The Morgan fingerprint density at radius 2 is 2.15 bits per heavy atom. The van der Waals surface area contributed by atoms with Crippen molar-refractivity contribution >= 4 is 11.9 Å². The van der Waals surface area contributed by atoms with Gasteiger partial charge in [0.2, 0.25) is 5.91 Å². The molecule has 7 heteroatoms. The van der Waals surface area contributed by atoms with E-state index >= 15 is 0 Å². The summed E-state index contributed by atoms with van der Waals surface area (Å²) in [5.74, 6) is 0.228. The monoisotopic (exact) mass is 359 g/mol. The van der Waals surface area contributed by atoms with E-state index in [1.807, 2.05) is 11.0 Å². The van der Waals surface area contributed by atoms with Gasteiger partial charge in [-0.1, -0.05) is 6.42 Å². The minimum absolute atomic E-state index is 0.0189. The van der Waals surface area contributed by atoms with Crippen LogP contribution in [0.4, 0.5) is 0 Å². The van der Waals surface area contributed by atoms with Gasteiger partial charge in [-0.25, -0.2) is 0 Å². The Morgan fingerprint density at radius 1 is 1.35 bits per heavy atom. The standard InChI is InChI=1S/C19H25N3O4/c1-26-16-5-6-20-15(7-16)10-21-8-14-9-22(17(23)13-3-2-4-13)12-19(14,11-21)18(24)25/h5-7,13-14H,2-4,8-12H2,1H3,(H,24,25)/t14-,19-/m0/s1. The van der Waals surface area contributed by atoms with Crippen LogP contribution in [0, 0.1) is 17.3 Å². The second-order valence-electron chi connectivity index (χ2n) is 7.86. The van der Waals surface area contributed by atoms with E-state index in [0.29, 0.717) is 32.7 Å². The lowest BCUT2D eigenvalue weighted by Crippen LogP contribution is -2.44. The summed E-state index contributed by atoms with van der Waals surface area (Å²) < 4.78 is 5.23. The Kier molecular flexibility index (Phi) is 4.34. The topological polar surface area (TPSA) is 83.0 Å². The lowest BCUT2D eigenvalue weighted by atomic mass is 9.81. The predicted octanol–water partition coefficient (Wildman–Crippen LogP) is 1.24. The molecule has 1 saturated carbocycles. The molecule has 0 unspecified atom stereocenters. The molecule has 1 N–H and O–H groups in total. The van der Waals surface area contributed by atoms with Gasteiger partial charge in [-0.2, -0.15) is 0 Å².